The molecule has 0 N–H and O–H groups in total. The molecule has 4 rings (SSSR count). The van der Waals surface area contributed by atoms with Crippen LogP contribution in [0, 0.1) is 12.8 Å². The minimum absolute atomic E-state index is 0.312. The van der Waals surface area contributed by atoms with E-state index >= 15 is 0 Å². The first-order valence-corrected chi connectivity index (χ1v) is 8.73. The number of nitrogens with zero attached hydrogens (tertiary/aromatic N) is 2. The van der Waals surface area contributed by atoms with Gasteiger partial charge in [-0.1, -0.05) is 6.07 Å². The van der Waals surface area contributed by atoms with Gasteiger partial charge in [0.05, 0.1) is 25.9 Å². The van der Waals surface area contributed by atoms with Crippen molar-refractivity contribution in [3.63, 3.8) is 0 Å². The maximum Gasteiger partial charge on any atom is 0.213 e. The summed E-state index contributed by atoms with van der Waals surface area (Å²) in [5, 5.41) is 0. The van der Waals surface area contributed by atoms with Crippen molar-refractivity contribution in [2.45, 2.75) is 38.5 Å². The molecule has 24 heavy (non-hydrogen) atoms. The molecule has 2 fully saturated rings. The molecule has 0 aromatic carbocycles. The van der Waals surface area contributed by atoms with Crippen LogP contribution in [0.3, 0.4) is 0 Å². The molecule has 3 atom stereocenters. The lowest BCUT2D eigenvalue weighted by molar-refractivity contribution is -0.0608. The third-order valence-electron chi connectivity index (χ3n) is 5.01. The highest BCUT2D eigenvalue weighted by molar-refractivity contribution is 5.09. The molecule has 1 aliphatic heterocycles. The largest absolute Gasteiger partial charge is 0.477 e. The van der Waals surface area contributed by atoms with E-state index in [1.165, 1.54) is 0 Å². The van der Waals surface area contributed by atoms with E-state index in [1.807, 2.05) is 31.2 Å². The van der Waals surface area contributed by atoms with Gasteiger partial charge in [0.2, 0.25) is 5.88 Å². The Bertz CT molecular complexity index is 658. The maximum absolute atomic E-state index is 6.01. The number of rotatable bonds is 5. The van der Waals surface area contributed by atoms with Crippen molar-refractivity contribution in [2.24, 2.45) is 5.92 Å². The smallest absolute Gasteiger partial charge is 0.213 e. The van der Waals surface area contributed by atoms with E-state index in [4.69, 9.17) is 13.9 Å². The Kier molecular flexibility index (Phi) is 4.54. The molecule has 3 heterocycles. The summed E-state index contributed by atoms with van der Waals surface area (Å²) in [4.78, 5) is 6.73. The standard InChI is InChI=1S/C19H24N2O3/c1-14-5-6-16(24-14)12-21-8-9-22-18-11-15(10-17(18)21)13-23-19-4-2-3-7-20-19/h2-7,15,17-18H,8-13H2,1H3/t15-,17+,18-/m1/s1. The van der Waals surface area contributed by atoms with E-state index in [0.717, 1.165) is 44.1 Å². The van der Waals surface area contributed by atoms with Crippen LogP contribution >= 0.6 is 0 Å². The topological polar surface area (TPSA) is 47.7 Å². The molecule has 2 aliphatic rings. The van der Waals surface area contributed by atoms with Gasteiger partial charge in [0, 0.05) is 24.8 Å². The summed E-state index contributed by atoms with van der Waals surface area (Å²) in [5.74, 6) is 3.24. The lowest BCUT2D eigenvalue weighted by Crippen LogP contribution is -2.47. The highest BCUT2D eigenvalue weighted by Crippen LogP contribution is 2.35. The van der Waals surface area contributed by atoms with Crippen LogP contribution in [0.1, 0.15) is 24.4 Å². The van der Waals surface area contributed by atoms with Crippen molar-refractivity contribution in [3.05, 3.63) is 48.0 Å². The Morgan fingerprint density at radius 3 is 3.00 bits per heavy atom. The predicted molar refractivity (Wildman–Crippen MR) is 89.8 cm³/mol. The van der Waals surface area contributed by atoms with E-state index in [9.17, 15) is 0 Å². The number of furan rings is 1. The lowest BCUT2D eigenvalue weighted by atomic mass is 10.1. The fourth-order valence-electron chi connectivity index (χ4n) is 3.86. The van der Waals surface area contributed by atoms with Gasteiger partial charge in [-0.05, 0) is 43.9 Å². The third kappa shape index (κ3) is 3.47. The third-order valence-corrected chi connectivity index (χ3v) is 5.01. The number of morpholine rings is 1. The summed E-state index contributed by atoms with van der Waals surface area (Å²) >= 11 is 0. The van der Waals surface area contributed by atoms with Crippen molar-refractivity contribution < 1.29 is 13.9 Å². The summed E-state index contributed by atoms with van der Waals surface area (Å²) in [7, 11) is 0. The second kappa shape index (κ2) is 6.95. The van der Waals surface area contributed by atoms with Gasteiger partial charge < -0.3 is 13.9 Å². The molecule has 1 saturated heterocycles. The molecule has 128 valence electrons. The Hall–Kier alpha value is -1.85. The molecule has 1 saturated carbocycles. The zero-order valence-electron chi connectivity index (χ0n) is 14.1. The van der Waals surface area contributed by atoms with Gasteiger partial charge in [-0.15, -0.1) is 0 Å². The number of aromatic nitrogens is 1. The summed E-state index contributed by atoms with van der Waals surface area (Å²) in [6, 6.07) is 10.3. The van der Waals surface area contributed by atoms with Gasteiger partial charge in [0.1, 0.15) is 11.5 Å². The van der Waals surface area contributed by atoms with E-state index in [-0.39, 0.29) is 0 Å². The Morgan fingerprint density at radius 1 is 1.25 bits per heavy atom. The minimum Gasteiger partial charge on any atom is -0.477 e. The van der Waals surface area contributed by atoms with Crippen molar-refractivity contribution in [1.82, 2.24) is 9.88 Å². The zero-order valence-corrected chi connectivity index (χ0v) is 14.1. The molecule has 2 aromatic heterocycles. The first-order valence-electron chi connectivity index (χ1n) is 8.73. The zero-order chi connectivity index (χ0) is 16.4. The maximum atomic E-state index is 6.01. The average molecular weight is 328 g/mol. The van der Waals surface area contributed by atoms with Crippen LogP contribution in [0.15, 0.2) is 40.9 Å². The summed E-state index contributed by atoms with van der Waals surface area (Å²) < 4.78 is 17.6. The Balaban J connectivity index is 1.35. The quantitative estimate of drug-likeness (QED) is 0.844. The van der Waals surface area contributed by atoms with Crippen LogP contribution < -0.4 is 4.74 Å². The van der Waals surface area contributed by atoms with Crippen molar-refractivity contribution in [1.29, 1.82) is 0 Å². The van der Waals surface area contributed by atoms with Gasteiger partial charge in [-0.2, -0.15) is 0 Å². The first-order chi connectivity index (χ1) is 11.8. The number of hydrogen-bond acceptors (Lipinski definition) is 5. The number of aryl methyl sites for hydroxylation is 1. The van der Waals surface area contributed by atoms with E-state index < -0.39 is 0 Å². The van der Waals surface area contributed by atoms with Crippen LogP contribution in [-0.4, -0.2) is 41.8 Å². The number of pyridine rings is 1. The molecule has 0 radical (unpaired) electrons. The summed E-state index contributed by atoms with van der Waals surface area (Å²) in [5.41, 5.74) is 0. The van der Waals surface area contributed by atoms with Crippen molar-refractivity contribution in [3.8, 4) is 5.88 Å². The fraction of sp³-hybridized carbons (Fsp3) is 0.526. The van der Waals surface area contributed by atoms with Crippen LogP contribution in [0.4, 0.5) is 0 Å². The van der Waals surface area contributed by atoms with Gasteiger partial charge >= 0.3 is 0 Å². The Labute approximate surface area is 142 Å². The molecule has 5 nitrogen and oxygen atoms in total. The van der Waals surface area contributed by atoms with Crippen LogP contribution in [0.5, 0.6) is 5.88 Å². The molecular weight excluding hydrogens is 304 g/mol. The molecule has 0 bridgehead atoms. The molecule has 0 amide bonds. The highest BCUT2D eigenvalue weighted by Gasteiger charge is 2.41. The van der Waals surface area contributed by atoms with Gasteiger partial charge in [-0.25, -0.2) is 4.98 Å². The van der Waals surface area contributed by atoms with Crippen LogP contribution in [-0.2, 0) is 11.3 Å². The molecular formula is C19H24N2O3. The van der Waals surface area contributed by atoms with E-state index in [1.54, 1.807) is 6.20 Å². The summed E-state index contributed by atoms with van der Waals surface area (Å²) in [6.45, 7) is 5.34. The molecule has 0 spiro atoms. The number of fused-ring (bicyclic) bond motifs is 1. The van der Waals surface area contributed by atoms with Gasteiger partial charge in [0.15, 0.2) is 0 Å². The molecule has 5 heteroatoms. The fourth-order valence-corrected chi connectivity index (χ4v) is 3.86. The van der Waals surface area contributed by atoms with Crippen molar-refractivity contribution >= 4 is 0 Å². The SMILES string of the molecule is Cc1ccc(CN2CCO[C@@H]3C[C@H](COc4ccccn4)C[C@@H]32)o1. The monoisotopic (exact) mass is 328 g/mol. The van der Waals surface area contributed by atoms with E-state index in [2.05, 4.69) is 16.0 Å². The number of ether oxygens (including phenoxy) is 2. The van der Waals surface area contributed by atoms with E-state index in [0.29, 0.717) is 30.6 Å². The second-order valence-corrected chi connectivity index (χ2v) is 6.78. The average Bonchev–Trinajstić information content (AvgIpc) is 3.20. The van der Waals surface area contributed by atoms with Crippen LogP contribution in [0.25, 0.3) is 0 Å². The van der Waals surface area contributed by atoms with Gasteiger partial charge in [0.25, 0.3) is 0 Å². The van der Waals surface area contributed by atoms with Crippen LogP contribution in [0.2, 0.25) is 0 Å². The normalized spacial score (nSPS) is 27.1. The van der Waals surface area contributed by atoms with Gasteiger partial charge in [-0.3, -0.25) is 4.90 Å². The minimum atomic E-state index is 0.312. The Morgan fingerprint density at radius 2 is 2.21 bits per heavy atom. The number of hydrogen-bond donors (Lipinski definition) is 0. The molecule has 2 aromatic rings. The highest BCUT2D eigenvalue weighted by atomic mass is 16.5. The molecule has 0 unspecified atom stereocenters. The second-order valence-electron chi connectivity index (χ2n) is 6.78. The molecule has 1 aliphatic carbocycles. The predicted octanol–water partition coefficient (Wildman–Crippen LogP) is 3.04. The first kappa shape index (κ1) is 15.7. The lowest BCUT2D eigenvalue weighted by Gasteiger charge is -2.37. The summed E-state index contributed by atoms with van der Waals surface area (Å²) in [6.07, 6.45) is 4.25. The van der Waals surface area contributed by atoms with Crippen molar-refractivity contribution in [2.75, 3.05) is 19.8 Å².